The molecule has 0 aromatic carbocycles. The van der Waals surface area contributed by atoms with E-state index in [2.05, 4.69) is 4.98 Å². The Hall–Kier alpha value is -1.50. The van der Waals surface area contributed by atoms with Gasteiger partial charge < -0.3 is 20.4 Å². The van der Waals surface area contributed by atoms with Gasteiger partial charge in [0.1, 0.15) is 6.10 Å². The zero-order chi connectivity index (χ0) is 11.4. The standard InChI is InChI=1S/C9H11NO5/c11-4-5-2-1-3-6(10-5)7(12)8(13)9(14)15/h1-3,7-8,11-13H,4H2,(H,14,15). The number of hydrogen-bond donors (Lipinski definition) is 4. The van der Waals surface area contributed by atoms with Gasteiger partial charge in [0.25, 0.3) is 0 Å². The maximum absolute atomic E-state index is 10.4. The van der Waals surface area contributed by atoms with E-state index < -0.39 is 18.2 Å². The minimum absolute atomic E-state index is 0.0106. The Balaban J connectivity index is 2.90. The minimum atomic E-state index is -1.92. The Kier molecular flexibility index (Phi) is 3.73. The van der Waals surface area contributed by atoms with Crippen LogP contribution in [0.2, 0.25) is 0 Å². The van der Waals surface area contributed by atoms with Gasteiger partial charge in [0.2, 0.25) is 0 Å². The molecule has 6 heteroatoms. The fourth-order valence-electron chi connectivity index (χ4n) is 1.05. The topological polar surface area (TPSA) is 111 Å². The van der Waals surface area contributed by atoms with Gasteiger partial charge >= 0.3 is 5.97 Å². The van der Waals surface area contributed by atoms with Crippen molar-refractivity contribution in [1.82, 2.24) is 4.98 Å². The van der Waals surface area contributed by atoms with Crippen molar-refractivity contribution in [3.05, 3.63) is 29.6 Å². The second kappa shape index (κ2) is 4.83. The largest absolute Gasteiger partial charge is 0.479 e. The van der Waals surface area contributed by atoms with Crippen LogP contribution in [0.1, 0.15) is 17.5 Å². The van der Waals surface area contributed by atoms with E-state index in [1.165, 1.54) is 18.2 Å². The van der Waals surface area contributed by atoms with Gasteiger partial charge in [-0.15, -0.1) is 0 Å². The molecule has 0 radical (unpaired) electrons. The predicted octanol–water partition coefficient (Wildman–Crippen LogP) is -0.947. The Bertz CT molecular complexity index is 354. The number of rotatable bonds is 4. The van der Waals surface area contributed by atoms with Crippen molar-refractivity contribution in [3.63, 3.8) is 0 Å². The maximum Gasteiger partial charge on any atom is 0.335 e. The van der Waals surface area contributed by atoms with Crippen molar-refractivity contribution in [2.75, 3.05) is 0 Å². The van der Waals surface area contributed by atoms with Crippen LogP contribution in [0, 0.1) is 0 Å². The number of pyridine rings is 1. The van der Waals surface area contributed by atoms with E-state index in [0.717, 1.165) is 0 Å². The van der Waals surface area contributed by atoms with Gasteiger partial charge in [-0.25, -0.2) is 4.79 Å². The van der Waals surface area contributed by atoms with Gasteiger partial charge in [0.15, 0.2) is 6.10 Å². The van der Waals surface area contributed by atoms with Crippen LogP contribution in [0.25, 0.3) is 0 Å². The number of aliphatic hydroxyl groups excluding tert-OH is 3. The van der Waals surface area contributed by atoms with Gasteiger partial charge in [-0.1, -0.05) is 6.07 Å². The highest BCUT2D eigenvalue weighted by molar-refractivity contribution is 5.72. The van der Waals surface area contributed by atoms with Gasteiger partial charge in [-0.3, -0.25) is 4.98 Å². The fraction of sp³-hybridized carbons (Fsp3) is 0.333. The van der Waals surface area contributed by atoms with Crippen LogP contribution in [0.5, 0.6) is 0 Å². The van der Waals surface area contributed by atoms with E-state index in [1.807, 2.05) is 0 Å². The van der Waals surface area contributed by atoms with Crippen molar-refractivity contribution in [3.8, 4) is 0 Å². The summed E-state index contributed by atoms with van der Waals surface area (Å²) in [5, 5.41) is 35.7. The van der Waals surface area contributed by atoms with Crippen LogP contribution in [0.15, 0.2) is 18.2 Å². The smallest absolute Gasteiger partial charge is 0.335 e. The van der Waals surface area contributed by atoms with Crippen LogP contribution in [-0.2, 0) is 11.4 Å². The quantitative estimate of drug-likeness (QED) is 0.513. The first-order valence-corrected chi connectivity index (χ1v) is 4.22. The summed E-state index contributed by atoms with van der Waals surface area (Å²) in [5.41, 5.74) is 0.306. The molecule has 0 aliphatic rings. The zero-order valence-corrected chi connectivity index (χ0v) is 7.74. The monoisotopic (exact) mass is 213 g/mol. The highest BCUT2D eigenvalue weighted by atomic mass is 16.4. The molecule has 82 valence electrons. The van der Waals surface area contributed by atoms with Crippen LogP contribution < -0.4 is 0 Å². The molecule has 1 aromatic heterocycles. The number of carboxylic acid groups (broad SMARTS) is 1. The van der Waals surface area contributed by atoms with Crippen LogP contribution in [0.4, 0.5) is 0 Å². The van der Waals surface area contributed by atoms with Gasteiger partial charge in [0, 0.05) is 0 Å². The van der Waals surface area contributed by atoms with Gasteiger partial charge in [-0.2, -0.15) is 0 Å². The molecule has 0 saturated heterocycles. The van der Waals surface area contributed by atoms with Gasteiger partial charge in [0.05, 0.1) is 18.0 Å². The summed E-state index contributed by atoms with van der Waals surface area (Å²) in [6, 6.07) is 4.39. The first kappa shape index (κ1) is 11.6. The molecule has 4 N–H and O–H groups in total. The van der Waals surface area contributed by atoms with Crippen LogP contribution >= 0.6 is 0 Å². The predicted molar refractivity (Wildman–Crippen MR) is 48.8 cm³/mol. The number of aromatic nitrogens is 1. The third-order valence-electron chi connectivity index (χ3n) is 1.85. The Labute approximate surface area is 85.4 Å². The summed E-state index contributed by atoms with van der Waals surface area (Å²) in [4.78, 5) is 14.2. The molecule has 6 nitrogen and oxygen atoms in total. The minimum Gasteiger partial charge on any atom is -0.479 e. The Morgan fingerprint density at radius 3 is 2.60 bits per heavy atom. The molecule has 0 saturated carbocycles. The SMILES string of the molecule is O=C(O)C(O)C(O)c1cccc(CO)n1. The summed E-state index contributed by atoms with van der Waals surface area (Å²) in [7, 11) is 0. The average molecular weight is 213 g/mol. The van der Waals surface area contributed by atoms with Gasteiger partial charge in [-0.05, 0) is 12.1 Å². The molecular formula is C9H11NO5. The zero-order valence-electron chi connectivity index (χ0n) is 7.74. The van der Waals surface area contributed by atoms with E-state index in [-0.39, 0.29) is 12.3 Å². The number of carboxylic acids is 1. The van der Waals surface area contributed by atoms with Crippen molar-refractivity contribution in [2.24, 2.45) is 0 Å². The lowest BCUT2D eigenvalue weighted by molar-refractivity contribution is -0.153. The van der Waals surface area contributed by atoms with E-state index >= 15 is 0 Å². The number of hydrogen-bond acceptors (Lipinski definition) is 5. The Morgan fingerprint density at radius 1 is 1.40 bits per heavy atom. The van der Waals surface area contributed by atoms with E-state index in [0.29, 0.717) is 5.69 Å². The van der Waals surface area contributed by atoms with E-state index in [9.17, 15) is 9.90 Å². The number of aliphatic carboxylic acids is 1. The van der Waals surface area contributed by atoms with Crippen LogP contribution in [-0.4, -0.2) is 37.5 Å². The highest BCUT2D eigenvalue weighted by Gasteiger charge is 2.26. The van der Waals surface area contributed by atoms with Crippen molar-refractivity contribution >= 4 is 5.97 Å². The second-order valence-corrected chi connectivity index (χ2v) is 2.94. The molecule has 0 aliphatic heterocycles. The molecule has 1 rings (SSSR count). The Morgan fingerprint density at radius 2 is 2.07 bits per heavy atom. The first-order valence-electron chi connectivity index (χ1n) is 4.22. The number of nitrogens with zero attached hydrogens (tertiary/aromatic N) is 1. The summed E-state index contributed by atoms with van der Waals surface area (Å²) in [6.45, 7) is -0.316. The maximum atomic E-state index is 10.4. The lowest BCUT2D eigenvalue weighted by Crippen LogP contribution is -2.28. The summed E-state index contributed by atoms with van der Waals surface area (Å²) >= 11 is 0. The molecule has 1 heterocycles. The number of aliphatic hydroxyl groups is 3. The highest BCUT2D eigenvalue weighted by Crippen LogP contribution is 2.15. The lowest BCUT2D eigenvalue weighted by atomic mass is 10.1. The summed E-state index contributed by atoms with van der Waals surface area (Å²) in [6.07, 6.45) is -3.53. The molecule has 2 atom stereocenters. The molecular weight excluding hydrogens is 202 g/mol. The summed E-state index contributed by atoms with van der Waals surface area (Å²) in [5.74, 6) is -1.53. The molecule has 15 heavy (non-hydrogen) atoms. The summed E-state index contributed by atoms with van der Waals surface area (Å²) < 4.78 is 0. The molecule has 0 spiro atoms. The molecule has 1 aromatic rings. The molecule has 0 amide bonds. The third kappa shape index (κ3) is 2.72. The van der Waals surface area contributed by atoms with Crippen molar-refractivity contribution in [2.45, 2.75) is 18.8 Å². The van der Waals surface area contributed by atoms with E-state index in [4.69, 9.17) is 15.3 Å². The van der Waals surface area contributed by atoms with E-state index in [1.54, 1.807) is 0 Å². The number of carbonyl (C=O) groups is 1. The van der Waals surface area contributed by atoms with Crippen molar-refractivity contribution < 1.29 is 25.2 Å². The average Bonchev–Trinajstić information content (AvgIpc) is 2.27. The second-order valence-electron chi connectivity index (χ2n) is 2.94. The normalized spacial score (nSPS) is 14.6. The third-order valence-corrected chi connectivity index (χ3v) is 1.85. The van der Waals surface area contributed by atoms with Crippen LogP contribution in [0.3, 0.4) is 0 Å². The first-order chi connectivity index (χ1) is 7.06. The molecule has 2 unspecified atom stereocenters. The molecule has 0 bridgehead atoms. The van der Waals surface area contributed by atoms with Crippen molar-refractivity contribution in [1.29, 1.82) is 0 Å². The fourth-order valence-corrected chi connectivity index (χ4v) is 1.05. The lowest BCUT2D eigenvalue weighted by Gasteiger charge is -2.13. The molecule has 0 aliphatic carbocycles. The molecule has 0 fully saturated rings.